The van der Waals surface area contributed by atoms with E-state index in [2.05, 4.69) is 0 Å². The van der Waals surface area contributed by atoms with Gasteiger partial charge in [0.15, 0.2) is 0 Å². The van der Waals surface area contributed by atoms with Crippen molar-refractivity contribution in [2.24, 2.45) is 5.92 Å². The van der Waals surface area contributed by atoms with Gasteiger partial charge in [0.25, 0.3) is 0 Å². The van der Waals surface area contributed by atoms with Gasteiger partial charge in [-0.15, -0.1) is 0 Å². The zero-order valence-corrected chi connectivity index (χ0v) is 10.9. The number of carbonyl (C=O) groups is 1. The molecule has 96 valence electrons. The molecule has 4 heteroatoms. The zero-order valence-electron chi connectivity index (χ0n) is 10.1. The van der Waals surface area contributed by atoms with Crippen LogP contribution in [0, 0.1) is 5.92 Å². The van der Waals surface area contributed by atoms with Crippen molar-refractivity contribution in [3.8, 4) is 0 Å². The average molecular weight is 266 g/mol. The summed E-state index contributed by atoms with van der Waals surface area (Å²) >= 11 is 5.90. The van der Waals surface area contributed by atoms with Crippen LogP contribution in [0.3, 0.4) is 0 Å². The molecule has 0 aromatic heterocycles. The SMILES string of the molecule is O=C(C1CC1)N(c1ccc(Cl)cc1)C1CCOC1. The Balaban J connectivity index is 1.87. The molecule has 3 rings (SSSR count). The molecular weight excluding hydrogens is 250 g/mol. The fraction of sp³-hybridized carbons (Fsp3) is 0.500. The van der Waals surface area contributed by atoms with Crippen molar-refractivity contribution in [1.82, 2.24) is 0 Å². The lowest BCUT2D eigenvalue weighted by molar-refractivity contribution is -0.120. The number of nitrogens with zero attached hydrogens (tertiary/aromatic N) is 1. The highest BCUT2D eigenvalue weighted by molar-refractivity contribution is 6.30. The van der Waals surface area contributed by atoms with Crippen molar-refractivity contribution in [2.75, 3.05) is 18.1 Å². The van der Waals surface area contributed by atoms with Gasteiger partial charge in [-0.1, -0.05) is 11.6 Å². The monoisotopic (exact) mass is 265 g/mol. The maximum Gasteiger partial charge on any atom is 0.230 e. The molecule has 1 saturated carbocycles. The van der Waals surface area contributed by atoms with Crippen LogP contribution in [0.5, 0.6) is 0 Å². The molecule has 18 heavy (non-hydrogen) atoms. The Morgan fingerprint density at radius 2 is 1.94 bits per heavy atom. The molecule has 1 aromatic carbocycles. The van der Waals surface area contributed by atoms with E-state index in [4.69, 9.17) is 16.3 Å². The third-order valence-corrected chi connectivity index (χ3v) is 3.79. The van der Waals surface area contributed by atoms with Crippen molar-refractivity contribution in [1.29, 1.82) is 0 Å². The summed E-state index contributed by atoms with van der Waals surface area (Å²) in [5.41, 5.74) is 0.937. The summed E-state index contributed by atoms with van der Waals surface area (Å²) in [6, 6.07) is 7.68. The highest BCUT2D eigenvalue weighted by Gasteiger charge is 2.38. The molecule has 0 bridgehead atoms. The minimum Gasteiger partial charge on any atom is -0.379 e. The smallest absolute Gasteiger partial charge is 0.230 e. The Kier molecular flexibility index (Phi) is 3.27. The van der Waals surface area contributed by atoms with Crippen LogP contribution in [-0.2, 0) is 9.53 Å². The molecule has 1 saturated heterocycles. The van der Waals surface area contributed by atoms with E-state index in [1.54, 1.807) is 0 Å². The first-order chi connectivity index (χ1) is 8.75. The van der Waals surface area contributed by atoms with Crippen molar-refractivity contribution in [3.05, 3.63) is 29.3 Å². The van der Waals surface area contributed by atoms with Crippen LogP contribution in [0.15, 0.2) is 24.3 Å². The normalized spacial score (nSPS) is 23.1. The van der Waals surface area contributed by atoms with Crippen molar-refractivity contribution < 1.29 is 9.53 Å². The summed E-state index contributed by atoms with van der Waals surface area (Å²) in [5, 5.41) is 0.695. The van der Waals surface area contributed by atoms with Crippen LogP contribution in [0.2, 0.25) is 5.02 Å². The fourth-order valence-corrected chi connectivity index (χ4v) is 2.50. The van der Waals surface area contributed by atoms with Gasteiger partial charge in [-0.05, 0) is 43.5 Å². The number of ether oxygens (including phenoxy) is 1. The molecule has 0 N–H and O–H groups in total. The Labute approximate surface area is 112 Å². The number of anilines is 1. The first-order valence-corrected chi connectivity index (χ1v) is 6.80. The van der Waals surface area contributed by atoms with Crippen LogP contribution in [0.4, 0.5) is 5.69 Å². The molecule has 1 atom stereocenters. The molecular formula is C14H16ClNO2. The van der Waals surface area contributed by atoms with Gasteiger partial charge in [0.2, 0.25) is 5.91 Å². The molecule has 0 radical (unpaired) electrons. The quantitative estimate of drug-likeness (QED) is 0.841. The summed E-state index contributed by atoms with van der Waals surface area (Å²) in [6.45, 7) is 1.38. The minimum absolute atomic E-state index is 0.180. The summed E-state index contributed by atoms with van der Waals surface area (Å²) in [7, 11) is 0. The second-order valence-corrected chi connectivity index (χ2v) is 5.41. The summed E-state index contributed by atoms with van der Waals surface area (Å²) < 4.78 is 5.41. The van der Waals surface area contributed by atoms with E-state index in [0.29, 0.717) is 11.6 Å². The zero-order chi connectivity index (χ0) is 12.5. The standard InChI is InChI=1S/C14H16ClNO2/c15-11-3-5-12(6-4-11)16(13-7-8-18-9-13)14(17)10-1-2-10/h3-6,10,13H,1-2,7-9H2. The van der Waals surface area contributed by atoms with Crippen LogP contribution in [-0.4, -0.2) is 25.2 Å². The van der Waals surface area contributed by atoms with E-state index in [1.807, 2.05) is 29.2 Å². The molecule has 1 amide bonds. The van der Waals surface area contributed by atoms with E-state index in [0.717, 1.165) is 31.6 Å². The molecule has 1 aliphatic heterocycles. The van der Waals surface area contributed by atoms with E-state index >= 15 is 0 Å². The van der Waals surface area contributed by atoms with E-state index in [1.165, 1.54) is 0 Å². The summed E-state index contributed by atoms with van der Waals surface area (Å²) in [5.74, 6) is 0.467. The average Bonchev–Trinajstić information content (AvgIpc) is 3.10. The molecule has 2 fully saturated rings. The summed E-state index contributed by atoms with van der Waals surface area (Å²) in [4.78, 5) is 14.3. The molecule has 1 aliphatic carbocycles. The Morgan fingerprint density at radius 3 is 2.50 bits per heavy atom. The fourth-order valence-electron chi connectivity index (χ4n) is 2.37. The van der Waals surface area contributed by atoms with Gasteiger partial charge >= 0.3 is 0 Å². The number of halogens is 1. The first kappa shape index (κ1) is 12.0. The van der Waals surface area contributed by atoms with Crippen LogP contribution in [0.1, 0.15) is 19.3 Å². The highest BCUT2D eigenvalue weighted by atomic mass is 35.5. The molecule has 1 unspecified atom stereocenters. The van der Waals surface area contributed by atoms with Crippen molar-refractivity contribution >= 4 is 23.2 Å². The van der Waals surface area contributed by atoms with Gasteiger partial charge in [0.05, 0.1) is 12.6 Å². The maximum atomic E-state index is 12.4. The van der Waals surface area contributed by atoms with Gasteiger partial charge in [-0.2, -0.15) is 0 Å². The number of amides is 1. The van der Waals surface area contributed by atoms with E-state index in [-0.39, 0.29) is 17.9 Å². The van der Waals surface area contributed by atoms with Crippen molar-refractivity contribution in [2.45, 2.75) is 25.3 Å². The Hall–Kier alpha value is -1.06. The van der Waals surface area contributed by atoms with Gasteiger partial charge in [0.1, 0.15) is 0 Å². The Morgan fingerprint density at radius 1 is 1.22 bits per heavy atom. The lowest BCUT2D eigenvalue weighted by Gasteiger charge is -2.28. The number of carbonyl (C=O) groups excluding carboxylic acids is 1. The predicted octanol–water partition coefficient (Wildman–Crippen LogP) is 2.87. The van der Waals surface area contributed by atoms with Crippen LogP contribution < -0.4 is 4.90 Å². The number of hydrogen-bond donors (Lipinski definition) is 0. The third kappa shape index (κ3) is 2.38. The van der Waals surface area contributed by atoms with Gasteiger partial charge in [0, 0.05) is 23.2 Å². The third-order valence-electron chi connectivity index (χ3n) is 3.54. The van der Waals surface area contributed by atoms with Crippen LogP contribution >= 0.6 is 11.6 Å². The molecule has 1 aromatic rings. The van der Waals surface area contributed by atoms with E-state index < -0.39 is 0 Å². The summed E-state index contributed by atoms with van der Waals surface area (Å²) in [6.07, 6.45) is 2.97. The molecule has 3 nitrogen and oxygen atoms in total. The minimum atomic E-state index is 0.180. The largest absolute Gasteiger partial charge is 0.379 e. The number of hydrogen-bond acceptors (Lipinski definition) is 2. The van der Waals surface area contributed by atoms with Gasteiger partial charge < -0.3 is 9.64 Å². The molecule has 2 aliphatic rings. The second-order valence-electron chi connectivity index (χ2n) is 4.98. The highest BCUT2D eigenvalue weighted by Crippen LogP contribution is 2.35. The predicted molar refractivity (Wildman–Crippen MR) is 70.9 cm³/mol. The van der Waals surface area contributed by atoms with Gasteiger partial charge in [-0.25, -0.2) is 0 Å². The Bertz CT molecular complexity index is 436. The number of rotatable bonds is 3. The van der Waals surface area contributed by atoms with Gasteiger partial charge in [-0.3, -0.25) is 4.79 Å². The van der Waals surface area contributed by atoms with Crippen molar-refractivity contribution in [3.63, 3.8) is 0 Å². The number of benzene rings is 1. The maximum absolute atomic E-state index is 12.4. The second kappa shape index (κ2) is 4.90. The topological polar surface area (TPSA) is 29.5 Å². The molecule has 0 spiro atoms. The molecule has 1 heterocycles. The van der Waals surface area contributed by atoms with E-state index in [9.17, 15) is 4.79 Å². The first-order valence-electron chi connectivity index (χ1n) is 6.42. The van der Waals surface area contributed by atoms with Crippen LogP contribution in [0.25, 0.3) is 0 Å². The lowest BCUT2D eigenvalue weighted by Crippen LogP contribution is -2.41. The lowest BCUT2D eigenvalue weighted by atomic mass is 10.1.